The van der Waals surface area contributed by atoms with Crippen LogP contribution in [0.15, 0.2) is 0 Å². The first-order chi connectivity index (χ1) is 6.49. The molecule has 82 valence electrons. The summed E-state index contributed by atoms with van der Waals surface area (Å²) in [6.07, 6.45) is -0.368. The molecule has 0 aromatic rings. The quantitative estimate of drug-likeness (QED) is 0.658. The molecule has 0 aromatic carbocycles. The van der Waals surface area contributed by atoms with Crippen LogP contribution in [0.3, 0.4) is 0 Å². The van der Waals surface area contributed by atoms with Crippen LogP contribution in [0.5, 0.6) is 0 Å². The molecule has 0 spiro atoms. The van der Waals surface area contributed by atoms with Crippen LogP contribution in [0.2, 0.25) is 0 Å². The van der Waals surface area contributed by atoms with Crippen molar-refractivity contribution < 1.29 is 14.3 Å². The highest BCUT2D eigenvalue weighted by atomic mass is 16.5. The van der Waals surface area contributed by atoms with E-state index in [1.165, 1.54) is 0 Å². The molecule has 1 aliphatic rings. The Morgan fingerprint density at radius 2 is 2.21 bits per heavy atom. The summed E-state index contributed by atoms with van der Waals surface area (Å²) in [5.41, 5.74) is -0.220. The van der Waals surface area contributed by atoms with E-state index in [0.717, 1.165) is 0 Å². The number of carbonyl (C=O) groups excluding carboxylic acids is 1. The zero-order valence-corrected chi connectivity index (χ0v) is 9.37. The minimum Gasteiger partial charge on any atom is -0.377 e. The van der Waals surface area contributed by atoms with Gasteiger partial charge in [-0.15, -0.1) is 0 Å². The predicted octanol–water partition coefficient (Wildman–Crippen LogP) is 0.659. The molecule has 4 nitrogen and oxygen atoms in total. The van der Waals surface area contributed by atoms with Crippen LogP contribution in [0.25, 0.3) is 0 Å². The Bertz CT molecular complexity index is 215. The molecule has 14 heavy (non-hydrogen) atoms. The van der Waals surface area contributed by atoms with Gasteiger partial charge in [0.25, 0.3) is 5.91 Å². The molecule has 0 aromatic heterocycles. The summed E-state index contributed by atoms with van der Waals surface area (Å²) in [6, 6.07) is 0. The van der Waals surface area contributed by atoms with E-state index in [1.54, 1.807) is 14.0 Å². The average Bonchev–Trinajstić information content (AvgIpc) is 2.15. The zero-order valence-electron chi connectivity index (χ0n) is 9.37. The number of methoxy groups -OCH3 is 1. The fraction of sp³-hybridized carbons (Fsp3) is 0.900. The fourth-order valence-electron chi connectivity index (χ4n) is 1.59. The molecule has 0 aliphatic carbocycles. The Labute approximate surface area is 85.2 Å². The molecule has 1 rings (SSSR count). The molecule has 1 aliphatic heterocycles. The summed E-state index contributed by atoms with van der Waals surface area (Å²) in [7, 11) is 1.55. The Morgan fingerprint density at radius 1 is 1.57 bits per heavy atom. The van der Waals surface area contributed by atoms with Crippen molar-refractivity contribution in [3.05, 3.63) is 0 Å². The van der Waals surface area contributed by atoms with Crippen molar-refractivity contribution in [2.75, 3.05) is 26.9 Å². The molecule has 1 atom stereocenters. The SMILES string of the molecule is COC(C)C(=O)N1CCOCC1(C)C. The molecule has 1 amide bonds. The maximum absolute atomic E-state index is 11.9. The highest BCUT2D eigenvalue weighted by molar-refractivity contribution is 5.81. The lowest BCUT2D eigenvalue weighted by atomic mass is 10.0. The third-order valence-electron chi connectivity index (χ3n) is 2.61. The first-order valence-corrected chi connectivity index (χ1v) is 4.91. The van der Waals surface area contributed by atoms with Gasteiger partial charge in [-0.25, -0.2) is 0 Å². The minimum absolute atomic E-state index is 0.0424. The number of rotatable bonds is 2. The minimum atomic E-state index is -0.368. The molecule has 0 N–H and O–H groups in total. The second-order valence-electron chi connectivity index (χ2n) is 4.23. The number of nitrogens with zero attached hydrogens (tertiary/aromatic N) is 1. The van der Waals surface area contributed by atoms with Crippen molar-refractivity contribution in [2.24, 2.45) is 0 Å². The van der Waals surface area contributed by atoms with Gasteiger partial charge in [-0.1, -0.05) is 0 Å². The highest BCUT2D eigenvalue weighted by Gasteiger charge is 2.35. The predicted molar refractivity (Wildman–Crippen MR) is 53.1 cm³/mol. The van der Waals surface area contributed by atoms with E-state index in [4.69, 9.17) is 9.47 Å². The number of morpholine rings is 1. The van der Waals surface area contributed by atoms with Gasteiger partial charge < -0.3 is 14.4 Å². The smallest absolute Gasteiger partial charge is 0.251 e. The lowest BCUT2D eigenvalue weighted by Gasteiger charge is -2.43. The van der Waals surface area contributed by atoms with Gasteiger partial charge >= 0.3 is 0 Å². The van der Waals surface area contributed by atoms with Crippen molar-refractivity contribution in [1.82, 2.24) is 4.90 Å². The zero-order chi connectivity index (χ0) is 10.8. The molecule has 1 fully saturated rings. The molecular weight excluding hydrogens is 182 g/mol. The first kappa shape index (κ1) is 11.5. The molecular formula is C10H19NO3. The number of carbonyl (C=O) groups is 1. The normalized spacial score (nSPS) is 23.3. The van der Waals surface area contributed by atoms with Gasteiger partial charge in [-0.05, 0) is 20.8 Å². The third-order valence-corrected chi connectivity index (χ3v) is 2.61. The Kier molecular flexibility index (Phi) is 3.50. The Hall–Kier alpha value is -0.610. The summed E-state index contributed by atoms with van der Waals surface area (Å²) < 4.78 is 10.4. The number of hydrogen-bond donors (Lipinski definition) is 0. The molecule has 1 saturated heterocycles. The van der Waals surface area contributed by atoms with Gasteiger partial charge in [0.1, 0.15) is 6.10 Å². The van der Waals surface area contributed by atoms with Gasteiger partial charge in [0.2, 0.25) is 0 Å². The Morgan fingerprint density at radius 3 is 2.71 bits per heavy atom. The molecule has 1 unspecified atom stereocenters. The lowest BCUT2D eigenvalue weighted by molar-refractivity contribution is -0.155. The van der Waals surface area contributed by atoms with Crippen LogP contribution in [0.1, 0.15) is 20.8 Å². The van der Waals surface area contributed by atoms with Gasteiger partial charge in [0, 0.05) is 13.7 Å². The van der Waals surface area contributed by atoms with Crippen molar-refractivity contribution in [2.45, 2.75) is 32.4 Å². The van der Waals surface area contributed by atoms with E-state index in [9.17, 15) is 4.79 Å². The largest absolute Gasteiger partial charge is 0.377 e. The summed E-state index contributed by atoms with van der Waals surface area (Å²) >= 11 is 0. The van der Waals surface area contributed by atoms with Gasteiger partial charge in [-0.2, -0.15) is 0 Å². The molecule has 0 bridgehead atoms. The van der Waals surface area contributed by atoms with Crippen molar-refractivity contribution >= 4 is 5.91 Å². The Balaban J connectivity index is 2.69. The van der Waals surface area contributed by atoms with E-state index in [1.807, 2.05) is 18.7 Å². The summed E-state index contributed by atoms with van der Waals surface area (Å²) in [5.74, 6) is 0.0424. The number of ether oxygens (including phenoxy) is 2. The third kappa shape index (κ3) is 2.25. The second-order valence-corrected chi connectivity index (χ2v) is 4.23. The topological polar surface area (TPSA) is 38.8 Å². The van der Waals surface area contributed by atoms with E-state index in [2.05, 4.69) is 0 Å². The number of amides is 1. The van der Waals surface area contributed by atoms with Crippen molar-refractivity contribution in [1.29, 1.82) is 0 Å². The van der Waals surface area contributed by atoms with E-state index >= 15 is 0 Å². The van der Waals surface area contributed by atoms with Crippen molar-refractivity contribution in [3.63, 3.8) is 0 Å². The van der Waals surface area contributed by atoms with Gasteiger partial charge in [0.05, 0.1) is 18.8 Å². The maximum atomic E-state index is 11.9. The fourth-order valence-corrected chi connectivity index (χ4v) is 1.59. The number of hydrogen-bond acceptors (Lipinski definition) is 3. The summed E-state index contributed by atoms with van der Waals surface area (Å²) in [4.78, 5) is 13.7. The summed E-state index contributed by atoms with van der Waals surface area (Å²) in [6.45, 7) is 7.65. The van der Waals surface area contributed by atoms with Crippen LogP contribution in [0.4, 0.5) is 0 Å². The van der Waals surface area contributed by atoms with Crippen LogP contribution in [-0.2, 0) is 14.3 Å². The van der Waals surface area contributed by atoms with Crippen LogP contribution < -0.4 is 0 Å². The van der Waals surface area contributed by atoms with Gasteiger partial charge in [-0.3, -0.25) is 4.79 Å². The van der Waals surface area contributed by atoms with E-state index in [0.29, 0.717) is 19.8 Å². The lowest BCUT2D eigenvalue weighted by Crippen LogP contribution is -2.57. The molecule has 0 radical (unpaired) electrons. The van der Waals surface area contributed by atoms with Crippen LogP contribution >= 0.6 is 0 Å². The first-order valence-electron chi connectivity index (χ1n) is 4.91. The molecule has 0 saturated carbocycles. The maximum Gasteiger partial charge on any atom is 0.251 e. The monoisotopic (exact) mass is 201 g/mol. The van der Waals surface area contributed by atoms with Gasteiger partial charge in [0.15, 0.2) is 0 Å². The van der Waals surface area contributed by atoms with Crippen molar-refractivity contribution in [3.8, 4) is 0 Å². The van der Waals surface area contributed by atoms with E-state index < -0.39 is 0 Å². The van der Waals surface area contributed by atoms with Crippen LogP contribution in [-0.4, -0.2) is 49.3 Å². The second kappa shape index (κ2) is 4.28. The molecule has 1 heterocycles. The van der Waals surface area contributed by atoms with Crippen LogP contribution in [0, 0.1) is 0 Å². The molecule has 4 heteroatoms. The summed E-state index contributed by atoms with van der Waals surface area (Å²) in [5, 5.41) is 0. The highest BCUT2D eigenvalue weighted by Crippen LogP contribution is 2.20. The van der Waals surface area contributed by atoms with E-state index in [-0.39, 0.29) is 17.6 Å². The standard InChI is InChI=1S/C10H19NO3/c1-8(13-4)9(12)11-5-6-14-7-10(11,2)3/h8H,5-7H2,1-4H3. The average molecular weight is 201 g/mol.